The number of rotatable bonds is 3. The number of hydrogen-bond donors (Lipinski definition) is 2. The van der Waals surface area contributed by atoms with Crippen molar-refractivity contribution in [1.82, 2.24) is 15.5 Å². The Morgan fingerprint density at radius 1 is 1.16 bits per heavy atom. The van der Waals surface area contributed by atoms with E-state index in [1.54, 1.807) is 0 Å². The first-order valence-electron chi connectivity index (χ1n) is 7.45. The van der Waals surface area contributed by atoms with Crippen molar-refractivity contribution < 1.29 is 9.59 Å². The zero-order valence-electron chi connectivity index (χ0n) is 11.8. The standard InChI is InChI=1S/C14H25N3O2/c1-11(18)16-13(12-5-3-2-4-6-12)14(19)17-9-7-15-8-10-17/h12-13,15H,2-10H2,1H3,(H,16,18)/t13-/m0/s1. The van der Waals surface area contributed by atoms with Crippen LogP contribution >= 0.6 is 0 Å². The van der Waals surface area contributed by atoms with Gasteiger partial charge in [0.25, 0.3) is 0 Å². The Morgan fingerprint density at radius 3 is 2.37 bits per heavy atom. The predicted octanol–water partition coefficient (Wildman–Crippen LogP) is 0.503. The molecule has 2 aliphatic rings. The average Bonchev–Trinajstić information content (AvgIpc) is 2.46. The summed E-state index contributed by atoms with van der Waals surface area (Å²) in [5.41, 5.74) is 0. The number of nitrogens with zero attached hydrogens (tertiary/aromatic N) is 1. The quantitative estimate of drug-likeness (QED) is 0.783. The molecule has 5 heteroatoms. The molecule has 0 aromatic heterocycles. The Bertz CT molecular complexity index is 321. The van der Waals surface area contributed by atoms with Crippen LogP contribution in [-0.2, 0) is 9.59 Å². The molecule has 1 aliphatic carbocycles. The first-order chi connectivity index (χ1) is 9.18. The highest BCUT2D eigenvalue weighted by atomic mass is 16.2. The van der Waals surface area contributed by atoms with Gasteiger partial charge in [0.1, 0.15) is 6.04 Å². The second kappa shape index (κ2) is 6.89. The van der Waals surface area contributed by atoms with Gasteiger partial charge in [0.2, 0.25) is 11.8 Å². The monoisotopic (exact) mass is 267 g/mol. The lowest BCUT2D eigenvalue weighted by Crippen LogP contribution is -2.56. The summed E-state index contributed by atoms with van der Waals surface area (Å²) in [7, 11) is 0. The molecule has 1 saturated heterocycles. The minimum absolute atomic E-state index is 0.0981. The van der Waals surface area contributed by atoms with E-state index in [0.29, 0.717) is 5.92 Å². The molecule has 2 amide bonds. The summed E-state index contributed by atoms with van der Waals surface area (Å²) < 4.78 is 0. The molecule has 0 spiro atoms. The summed E-state index contributed by atoms with van der Waals surface area (Å²) in [6.07, 6.45) is 5.72. The van der Waals surface area contributed by atoms with E-state index < -0.39 is 0 Å². The summed E-state index contributed by atoms with van der Waals surface area (Å²) >= 11 is 0. The topological polar surface area (TPSA) is 61.4 Å². The van der Waals surface area contributed by atoms with Crippen molar-refractivity contribution in [2.24, 2.45) is 5.92 Å². The van der Waals surface area contributed by atoms with Gasteiger partial charge < -0.3 is 15.5 Å². The summed E-state index contributed by atoms with van der Waals surface area (Å²) in [5.74, 6) is 0.336. The third-order valence-corrected chi connectivity index (χ3v) is 4.17. The molecule has 19 heavy (non-hydrogen) atoms. The minimum Gasteiger partial charge on any atom is -0.344 e. The Morgan fingerprint density at radius 2 is 1.79 bits per heavy atom. The van der Waals surface area contributed by atoms with Crippen LogP contribution in [0.25, 0.3) is 0 Å². The SMILES string of the molecule is CC(=O)N[C@H](C(=O)N1CCNCC1)C1CCCCC1. The smallest absolute Gasteiger partial charge is 0.245 e. The van der Waals surface area contributed by atoms with Gasteiger partial charge in [0.05, 0.1) is 0 Å². The van der Waals surface area contributed by atoms with Gasteiger partial charge in [-0.3, -0.25) is 9.59 Å². The van der Waals surface area contributed by atoms with E-state index >= 15 is 0 Å². The van der Waals surface area contributed by atoms with Crippen molar-refractivity contribution in [3.05, 3.63) is 0 Å². The van der Waals surface area contributed by atoms with Gasteiger partial charge in [-0.05, 0) is 18.8 Å². The van der Waals surface area contributed by atoms with E-state index in [1.165, 1.54) is 26.2 Å². The molecular formula is C14H25N3O2. The van der Waals surface area contributed by atoms with Gasteiger partial charge >= 0.3 is 0 Å². The fourth-order valence-corrected chi connectivity index (χ4v) is 3.15. The van der Waals surface area contributed by atoms with Crippen molar-refractivity contribution in [3.63, 3.8) is 0 Å². The first kappa shape index (κ1) is 14.3. The van der Waals surface area contributed by atoms with Crippen LogP contribution in [0.3, 0.4) is 0 Å². The van der Waals surface area contributed by atoms with Gasteiger partial charge in [0.15, 0.2) is 0 Å². The highest BCUT2D eigenvalue weighted by Crippen LogP contribution is 2.27. The number of amides is 2. The molecule has 2 rings (SSSR count). The van der Waals surface area contributed by atoms with Gasteiger partial charge in [-0.2, -0.15) is 0 Å². The van der Waals surface area contributed by atoms with Crippen LogP contribution in [0.5, 0.6) is 0 Å². The van der Waals surface area contributed by atoms with Gasteiger partial charge in [-0.25, -0.2) is 0 Å². The fraction of sp³-hybridized carbons (Fsp3) is 0.857. The molecule has 0 aromatic carbocycles. The Hall–Kier alpha value is -1.10. The van der Waals surface area contributed by atoms with Crippen LogP contribution in [0.15, 0.2) is 0 Å². The second-order valence-corrected chi connectivity index (χ2v) is 5.65. The van der Waals surface area contributed by atoms with Crippen molar-refractivity contribution in [3.8, 4) is 0 Å². The number of piperazine rings is 1. The third kappa shape index (κ3) is 3.93. The average molecular weight is 267 g/mol. The van der Waals surface area contributed by atoms with Gasteiger partial charge in [-0.1, -0.05) is 19.3 Å². The lowest BCUT2D eigenvalue weighted by molar-refractivity contribution is -0.138. The maximum Gasteiger partial charge on any atom is 0.245 e. The number of hydrogen-bond acceptors (Lipinski definition) is 3. The molecule has 0 radical (unpaired) electrons. The molecule has 0 aromatic rings. The molecule has 5 nitrogen and oxygen atoms in total. The highest BCUT2D eigenvalue weighted by Gasteiger charge is 2.33. The van der Waals surface area contributed by atoms with Crippen LogP contribution in [0.4, 0.5) is 0 Å². The largest absolute Gasteiger partial charge is 0.344 e. The lowest BCUT2D eigenvalue weighted by Gasteiger charge is -2.35. The van der Waals surface area contributed by atoms with Gasteiger partial charge in [0, 0.05) is 33.1 Å². The first-order valence-corrected chi connectivity index (χ1v) is 7.45. The van der Waals surface area contributed by atoms with Crippen LogP contribution in [0.1, 0.15) is 39.0 Å². The van der Waals surface area contributed by atoms with Crippen LogP contribution in [-0.4, -0.2) is 48.9 Å². The van der Waals surface area contributed by atoms with Crippen LogP contribution < -0.4 is 10.6 Å². The van der Waals surface area contributed by atoms with Crippen LogP contribution in [0, 0.1) is 5.92 Å². The molecule has 108 valence electrons. The van der Waals surface area contributed by atoms with Crippen molar-refractivity contribution >= 4 is 11.8 Å². The Labute approximate surface area is 115 Å². The van der Waals surface area contributed by atoms with E-state index in [1.807, 2.05) is 4.90 Å². The Kier molecular flexibility index (Phi) is 5.19. The van der Waals surface area contributed by atoms with E-state index in [-0.39, 0.29) is 17.9 Å². The van der Waals surface area contributed by atoms with E-state index in [4.69, 9.17) is 0 Å². The van der Waals surface area contributed by atoms with Crippen molar-refractivity contribution in [2.75, 3.05) is 26.2 Å². The summed E-state index contributed by atoms with van der Waals surface area (Å²) in [6.45, 7) is 4.70. The second-order valence-electron chi connectivity index (χ2n) is 5.65. The minimum atomic E-state index is -0.309. The lowest BCUT2D eigenvalue weighted by atomic mass is 9.83. The summed E-state index contributed by atoms with van der Waals surface area (Å²) in [5, 5.41) is 6.14. The number of carbonyl (C=O) groups excluding carboxylic acids is 2. The molecule has 1 atom stereocenters. The predicted molar refractivity (Wildman–Crippen MR) is 73.6 cm³/mol. The Balaban J connectivity index is 2.02. The molecule has 1 saturated carbocycles. The van der Waals surface area contributed by atoms with Crippen molar-refractivity contribution in [1.29, 1.82) is 0 Å². The van der Waals surface area contributed by atoms with Crippen LogP contribution in [0.2, 0.25) is 0 Å². The number of nitrogens with one attached hydrogen (secondary N) is 2. The van der Waals surface area contributed by atoms with E-state index in [0.717, 1.165) is 39.0 Å². The third-order valence-electron chi connectivity index (χ3n) is 4.17. The fourth-order valence-electron chi connectivity index (χ4n) is 3.15. The highest BCUT2D eigenvalue weighted by molar-refractivity contribution is 5.87. The molecule has 1 heterocycles. The summed E-state index contributed by atoms with van der Waals surface area (Å²) in [4.78, 5) is 25.9. The van der Waals surface area contributed by atoms with E-state index in [9.17, 15) is 9.59 Å². The van der Waals surface area contributed by atoms with Crippen molar-refractivity contribution in [2.45, 2.75) is 45.1 Å². The zero-order valence-corrected chi connectivity index (χ0v) is 11.8. The summed E-state index contributed by atoms with van der Waals surface area (Å²) in [6, 6.07) is -0.309. The molecular weight excluding hydrogens is 242 g/mol. The number of carbonyl (C=O) groups is 2. The zero-order chi connectivity index (χ0) is 13.7. The molecule has 1 aliphatic heterocycles. The maximum absolute atomic E-state index is 12.6. The molecule has 2 fully saturated rings. The van der Waals surface area contributed by atoms with E-state index in [2.05, 4.69) is 10.6 Å². The maximum atomic E-state index is 12.6. The van der Waals surface area contributed by atoms with Gasteiger partial charge in [-0.15, -0.1) is 0 Å². The molecule has 0 bridgehead atoms. The molecule has 0 unspecified atom stereocenters. The normalized spacial score (nSPS) is 22.9. The molecule has 2 N–H and O–H groups in total.